The molecule has 1 aromatic rings. The summed E-state index contributed by atoms with van der Waals surface area (Å²) in [5, 5.41) is 12.8. The Hall–Kier alpha value is -1.58. The van der Waals surface area contributed by atoms with Crippen LogP contribution in [0.5, 0.6) is 0 Å². The van der Waals surface area contributed by atoms with Crippen molar-refractivity contribution in [2.45, 2.75) is 33.7 Å². The molecule has 0 saturated heterocycles. The Morgan fingerprint density at radius 3 is 2.67 bits per heavy atom. The first-order valence-corrected chi connectivity index (χ1v) is 4.98. The molecule has 0 aromatic carbocycles. The molecule has 0 saturated carbocycles. The Balaban J connectivity index is 2.83. The highest BCUT2D eigenvalue weighted by Gasteiger charge is 2.07. The van der Waals surface area contributed by atoms with Gasteiger partial charge in [-0.2, -0.15) is 5.10 Å². The predicted molar refractivity (Wildman–Crippen MR) is 57.9 cm³/mol. The van der Waals surface area contributed by atoms with E-state index in [9.17, 15) is 4.79 Å². The van der Waals surface area contributed by atoms with Gasteiger partial charge in [-0.15, -0.1) is 0 Å². The highest BCUT2D eigenvalue weighted by atomic mass is 16.4. The van der Waals surface area contributed by atoms with Crippen molar-refractivity contribution in [3.63, 3.8) is 0 Å². The topological polar surface area (TPSA) is 55.1 Å². The minimum atomic E-state index is -0.924. The molecule has 0 fully saturated rings. The molecule has 15 heavy (non-hydrogen) atoms. The second kappa shape index (κ2) is 4.77. The van der Waals surface area contributed by atoms with E-state index in [-0.39, 0.29) is 0 Å². The van der Waals surface area contributed by atoms with Gasteiger partial charge in [0.05, 0.1) is 12.2 Å². The number of nitrogens with zero attached hydrogens (tertiary/aromatic N) is 2. The fraction of sp³-hybridized carbons (Fsp3) is 0.455. The van der Waals surface area contributed by atoms with Crippen LogP contribution in [0.3, 0.4) is 0 Å². The van der Waals surface area contributed by atoms with Crippen LogP contribution in [-0.2, 0) is 17.8 Å². The zero-order valence-electron chi connectivity index (χ0n) is 9.32. The number of aromatic nitrogens is 2. The first-order valence-electron chi connectivity index (χ1n) is 4.98. The van der Waals surface area contributed by atoms with Crippen molar-refractivity contribution in [3.05, 3.63) is 29.1 Å². The van der Waals surface area contributed by atoms with E-state index in [4.69, 9.17) is 5.11 Å². The maximum absolute atomic E-state index is 10.3. The summed E-state index contributed by atoms with van der Waals surface area (Å²) in [5.41, 5.74) is 3.39. The highest BCUT2D eigenvalue weighted by molar-refractivity contribution is 5.79. The Morgan fingerprint density at radius 1 is 1.53 bits per heavy atom. The molecule has 0 bridgehead atoms. The van der Waals surface area contributed by atoms with Gasteiger partial charge in [0.2, 0.25) is 0 Å². The Morgan fingerprint density at radius 2 is 2.20 bits per heavy atom. The second-order valence-electron chi connectivity index (χ2n) is 3.43. The fourth-order valence-electron chi connectivity index (χ4n) is 1.68. The molecule has 1 aromatic heterocycles. The van der Waals surface area contributed by atoms with Gasteiger partial charge in [0.15, 0.2) is 0 Å². The van der Waals surface area contributed by atoms with E-state index in [2.05, 4.69) is 12.0 Å². The van der Waals surface area contributed by atoms with Crippen molar-refractivity contribution in [1.82, 2.24) is 9.78 Å². The van der Waals surface area contributed by atoms with E-state index in [1.165, 1.54) is 5.56 Å². The summed E-state index contributed by atoms with van der Waals surface area (Å²) in [6, 6.07) is 0. The van der Waals surface area contributed by atoms with Crippen molar-refractivity contribution in [2.75, 3.05) is 0 Å². The van der Waals surface area contributed by atoms with Crippen LogP contribution >= 0.6 is 0 Å². The van der Waals surface area contributed by atoms with Crippen LogP contribution in [-0.4, -0.2) is 20.9 Å². The number of hydrogen-bond acceptors (Lipinski definition) is 2. The lowest BCUT2D eigenvalue weighted by molar-refractivity contribution is -0.131. The van der Waals surface area contributed by atoms with Crippen molar-refractivity contribution >= 4 is 5.97 Å². The number of carboxylic acid groups (broad SMARTS) is 1. The molecule has 1 N–H and O–H groups in total. The summed E-state index contributed by atoms with van der Waals surface area (Å²) in [4.78, 5) is 10.3. The van der Waals surface area contributed by atoms with Crippen LogP contribution in [0.25, 0.3) is 0 Å². The van der Waals surface area contributed by atoms with Gasteiger partial charge in [-0.3, -0.25) is 4.68 Å². The zero-order chi connectivity index (χ0) is 11.4. The van der Waals surface area contributed by atoms with Gasteiger partial charge in [0.1, 0.15) is 0 Å². The Bertz CT molecular complexity index is 392. The van der Waals surface area contributed by atoms with E-state index < -0.39 is 5.97 Å². The molecule has 82 valence electrons. The van der Waals surface area contributed by atoms with Crippen LogP contribution < -0.4 is 0 Å². The summed E-state index contributed by atoms with van der Waals surface area (Å²) in [7, 11) is 0. The lowest BCUT2D eigenvalue weighted by Crippen LogP contribution is -2.01. The molecular formula is C11H16N2O2. The molecule has 0 aliphatic heterocycles. The average Bonchev–Trinajstić information content (AvgIpc) is 2.41. The van der Waals surface area contributed by atoms with Crippen molar-refractivity contribution < 1.29 is 9.90 Å². The van der Waals surface area contributed by atoms with Crippen molar-refractivity contribution in [2.24, 2.45) is 0 Å². The summed E-state index contributed by atoms with van der Waals surface area (Å²) in [6.07, 6.45) is 3.70. The van der Waals surface area contributed by atoms with E-state index in [0.717, 1.165) is 23.9 Å². The summed E-state index contributed by atoms with van der Waals surface area (Å²) in [5.74, 6) is -0.924. The molecule has 4 heteroatoms. The molecule has 0 aliphatic carbocycles. The molecule has 1 rings (SSSR count). The lowest BCUT2D eigenvalue weighted by atomic mass is 10.1. The smallest absolute Gasteiger partial charge is 0.328 e. The maximum atomic E-state index is 10.3. The average molecular weight is 208 g/mol. The number of aliphatic carboxylic acids is 1. The summed E-state index contributed by atoms with van der Waals surface area (Å²) in [6.45, 7) is 6.59. The molecule has 4 nitrogen and oxygen atoms in total. The van der Waals surface area contributed by atoms with Gasteiger partial charge < -0.3 is 5.11 Å². The molecule has 0 radical (unpaired) electrons. The van der Waals surface area contributed by atoms with E-state index in [0.29, 0.717) is 6.54 Å². The van der Waals surface area contributed by atoms with Crippen molar-refractivity contribution in [3.8, 4) is 0 Å². The Kier molecular flexibility index (Phi) is 3.66. The molecule has 1 heterocycles. The molecular weight excluding hydrogens is 192 g/mol. The van der Waals surface area contributed by atoms with Gasteiger partial charge in [-0.25, -0.2) is 4.79 Å². The number of rotatable bonds is 4. The van der Waals surface area contributed by atoms with Crippen LogP contribution in [0.15, 0.2) is 12.2 Å². The molecule has 0 spiro atoms. The van der Waals surface area contributed by atoms with E-state index >= 15 is 0 Å². The number of carbonyl (C=O) groups is 1. The quantitative estimate of drug-likeness (QED) is 0.766. The lowest BCUT2D eigenvalue weighted by Gasteiger charge is -2.00. The van der Waals surface area contributed by atoms with Gasteiger partial charge in [0.25, 0.3) is 0 Å². The first kappa shape index (κ1) is 11.5. The summed E-state index contributed by atoms with van der Waals surface area (Å²) < 4.78 is 1.83. The van der Waals surface area contributed by atoms with Crippen LogP contribution in [0, 0.1) is 13.8 Å². The molecule has 0 amide bonds. The monoisotopic (exact) mass is 208 g/mol. The number of hydrogen-bond donors (Lipinski definition) is 1. The van der Waals surface area contributed by atoms with Crippen LogP contribution in [0.1, 0.15) is 23.9 Å². The summed E-state index contributed by atoms with van der Waals surface area (Å²) >= 11 is 0. The first-order chi connectivity index (χ1) is 7.06. The van der Waals surface area contributed by atoms with Gasteiger partial charge in [0, 0.05) is 11.8 Å². The van der Waals surface area contributed by atoms with Gasteiger partial charge in [-0.1, -0.05) is 13.0 Å². The van der Waals surface area contributed by atoms with Crippen LogP contribution in [0.4, 0.5) is 0 Å². The largest absolute Gasteiger partial charge is 0.478 e. The predicted octanol–water partition coefficient (Wildman–Crippen LogP) is 1.70. The minimum Gasteiger partial charge on any atom is -0.478 e. The third-order valence-electron chi connectivity index (χ3n) is 2.42. The fourth-order valence-corrected chi connectivity index (χ4v) is 1.68. The maximum Gasteiger partial charge on any atom is 0.328 e. The molecule has 0 unspecified atom stereocenters. The molecule has 0 atom stereocenters. The third kappa shape index (κ3) is 2.68. The third-order valence-corrected chi connectivity index (χ3v) is 2.42. The van der Waals surface area contributed by atoms with E-state index in [1.54, 1.807) is 6.08 Å². The number of allylic oxidation sites excluding steroid dienone is 1. The number of aryl methyl sites for hydroxylation is 1. The molecule has 0 aliphatic rings. The zero-order valence-corrected chi connectivity index (χ0v) is 9.32. The van der Waals surface area contributed by atoms with Gasteiger partial charge in [-0.05, 0) is 25.8 Å². The number of carboxylic acids is 1. The van der Waals surface area contributed by atoms with Crippen LogP contribution in [0.2, 0.25) is 0 Å². The van der Waals surface area contributed by atoms with Crippen molar-refractivity contribution in [1.29, 1.82) is 0 Å². The van der Waals surface area contributed by atoms with Gasteiger partial charge >= 0.3 is 5.97 Å². The SMILES string of the molecule is CCc1c(C)nn(C/C=C/C(=O)O)c1C. The van der Waals surface area contributed by atoms with E-state index in [1.807, 2.05) is 18.5 Å². The highest BCUT2D eigenvalue weighted by Crippen LogP contribution is 2.13. The minimum absolute atomic E-state index is 0.513. The normalized spacial score (nSPS) is 11.1. The second-order valence-corrected chi connectivity index (χ2v) is 3.43. The Labute approximate surface area is 89.2 Å². The standard InChI is InChI=1S/C11H16N2O2/c1-4-10-8(2)12-13(9(10)3)7-5-6-11(14)15/h5-6H,4,7H2,1-3H3,(H,14,15)/b6-5+.